The maximum atomic E-state index is 12.4. The highest BCUT2D eigenvalue weighted by atomic mass is 32.2. The van der Waals surface area contributed by atoms with Gasteiger partial charge in [0, 0.05) is 12.1 Å². The van der Waals surface area contributed by atoms with Crippen LogP contribution in [-0.4, -0.2) is 35.3 Å². The van der Waals surface area contributed by atoms with Gasteiger partial charge in [-0.1, -0.05) is 23.9 Å². The highest BCUT2D eigenvalue weighted by molar-refractivity contribution is 8.00. The lowest BCUT2D eigenvalue weighted by atomic mass is 10.2. The van der Waals surface area contributed by atoms with Gasteiger partial charge in [-0.2, -0.15) is 0 Å². The zero-order valence-electron chi connectivity index (χ0n) is 15.9. The van der Waals surface area contributed by atoms with Crippen LogP contribution in [0.4, 0.5) is 0 Å². The van der Waals surface area contributed by atoms with Crippen molar-refractivity contribution in [3.05, 3.63) is 48.0 Å². The van der Waals surface area contributed by atoms with E-state index in [0.29, 0.717) is 29.2 Å². The molecule has 0 saturated carbocycles. The van der Waals surface area contributed by atoms with E-state index in [2.05, 4.69) is 15.5 Å². The van der Waals surface area contributed by atoms with Crippen molar-refractivity contribution in [1.82, 2.24) is 15.5 Å². The fraction of sp³-hybridized carbons (Fsp3) is 0.250. The number of carbonyl (C=O) groups is 1. The van der Waals surface area contributed by atoms with Gasteiger partial charge in [-0.15, -0.1) is 10.2 Å². The summed E-state index contributed by atoms with van der Waals surface area (Å²) in [5.41, 5.74) is 1.71. The van der Waals surface area contributed by atoms with Gasteiger partial charge in [0.25, 0.3) is 5.22 Å². The van der Waals surface area contributed by atoms with E-state index in [1.807, 2.05) is 30.3 Å². The Balaban J connectivity index is 1.33. The first-order valence-corrected chi connectivity index (χ1v) is 9.81. The predicted octanol–water partition coefficient (Wildman–Crippen LogP) is 3.27. The van der Waals surface area contributed by atoms with Crippen LogP contribution in [0.1, 0.15) is 12.5 Å². The Morgan fingerprint density at radius 3 is 2.76 bits per heavy atom. The molecular formula is C20H19N3O5S. The third-order valence-electron chi connectivity index (χ3n) is 4.30. The molecule has 2 heterocycles. The van der Waals surface area contributed by atoms with E-state index in [-0.39, 0.29) is 12.7 Å². The summed E-state index contributed by atoms with van der Waals surface area (Å²) in [7, 11) is 1.62. The molecule has 8 nitrogen and oxygen atoms in total. The van der Waals surface area contributed by atoms with Gasteiger partial charge in [-0.3, -0.25) is 4.79 Å². The zero-order chi connectivity index (χ0) is 20.2. The zero-order valence-corrected chi connectivity index (χ0v) is 16.7. The average molecular weight is 413 g/mol. The number of aromatic nitrogens is 2. The Hall–Kier alpha value is -3.20. The molecule has 0 unspecified atom stereocenters. The quantitative estimate of drug-likeness (QED) is 0.590. The Morgan fingerprint density at radius 1 is 1.17 bits per heavy atom. The van der Waals surface area contributed by atoms with Crippen LogP contribution in [0.3, 0.4) is 0 Å². The topological polar surface area (TPSA) is 95.7 Å². The van der Waals surface area contributed by atoms with Crippen molar-refractivity contribution in [3.8, 4) is 28.7 Å². The Labute approximate surface area is 171 Å². The molecule has 1 aliphatic rings. The number of carbonyl (C=O) groups excluding carboxylic acids is 1. The number of hydrogen-bond donors (Lipinski definition) is 1. The normalized spacial score (nSPS) is 13.2. The highest BCUT2D eigenvalue weighted by Gasteiger charge is 2.20. The number of rotatable bonds is 7. The molecule has 3 aromatic rings. The van der Waals surface area contributed by atoms with Crippen molar-refractivity contribution in [3.63, 3.8) is 0 Å². The molecule has 1 N–H and O–H groups in total. The first-order chi connectivity index (χ1) is 14.1. The number of thioether (sulfide) groups is 1. The summed E-state index contributed by atoms with van der Waals surface area (Å²) in [6, 6.07) is 12.9. The molecule has 150 valence electrons. The van der Waals surface area contributed by atoms with E-state index in [9.17, 15) is 4.79 Å². The second kappa shape index (κ2) is 8.44. The minimum Gasteiger partial charge on any atom is -0.497 e. The molecule has 0 spiro atoms. The number of ether oxygens (including phenoxy) is 3. The molecule has 0 saturated heterocycles. The number of hydrogen-bond acceptors (Lipinski definition) is 8. The van der Waals surface area contributed by atoms with Crippen molar-refractivity contribution in [2.45, 2.75) is 23.9 Å². The predicted molar refractivity (Wildman–Crippen MR) is 106 cm³/mol. The molecule has 2 aromatic carbocycles. The number of fused-ring (bicyclic) bond motifs is 1. The van der Waals surface area contributed by atoms with E-state index >= 15 is 0 Å². The summed E-state index contributed by atoms with van der Waals surface area (Å²) >= 11 is 1.21. The molecule has 29 heavy (non-hydrogen) atoms. The molecule has 0 radical (unpaired) electrons. The van der Waals surface area contributed by atoms with E-state index in [4.69, 9.17) is 18.6 Å². The van der Waals surface area contributed by atoms with Gasteiger partial charge in [0.15, 0.2) is 11.5 Å². The van der Waals surface area contributed by atoms with Crippen LogP contribution < -0.4 is 19.5 Å². The van der Waals surface area contributed by atoms with Gasteiger partial charge in [-0.05, 0) is 42.8 Å². The lowest BCUT2D eigenvalue weighted by Gasteiger charge is -2.10. The molecule has 1 aliphatic heterocycles. The van der Waals surface area contributed by atoms with Gasteiger partial charge >= 0.3 is 0 Å². The maximum Gasteiger partial charge on any atom is 0.277 e. The van der Waals surface area contributed by atoms with E-state index in [0.717, 1.165) is 16.9 Å². The Morgan fingerprint density at radius 2 is 1.97 bits per heavy atom. The lowest BCUT2D eigenvalue weighted by molar-refractivity contribution is -0.120. The van der Waals surface area contributed by atoms with Gasteiger partial charge < -0.3 is 23.9 Å². The average Bonchev–Trinajstić information content (AvgIpc) is 3.41. The minimum absolute atomic E-state index is 0.117. The van der Waals surface area contributed by atoms with Gasteiger partial charge in [0.05, 0.1) is 12.4 Å². The summed E-state index contributed by atoms with van der Waals surface area (Å²) in [5, 5.41) is 10.9. The number of methoxy groups -OCH3 is 1. The van der Waals surface area contributed by atoms with Crippen LogP contribution in [-0.2, 0) is 11.3 Å². The minimum atomic E-state index is -0.390. The first kappa shape index (κ1) is 19.1. The molecule has 9 heteroatoms. The van der Waals surface area contributed by atoms with Gasteiger partial charge in [0.1, 0.15) is 5.75 Å². The molecule has 4 rings (SSSR count). The third kappa shape index (κ3) is 4.45. The van der Waals surface area contributed by atoms with Crippen molar-refractivity contribution >= 4 is 17.7 Å². The molecule has 1 atom stereocenters. The first-order valence-electron chi connectivity index (χ1n) is 8.93. The monoisotopic (exact) mass is 413 g/mol. The van der Waals surface area contributed by atoms with Crippen LogP contribution in [0.2, 0.25) is 0 Å². The Kier molecular flexibility index (Phi) is 5.57. The number of benzene rings is 2. The van der Waals surface area contributed by atoms with Crippen molar-refractivity contribution < 1.29 is 23.4 Å². The summed E-state index contributed by atoms with van der Waals surface area (Å²) < 4.78 is 21.5. The molecule has 0 bridgehead atoms. The molecule has 1 aromatic heterocycles. The second-order valence-electron chi connectivity index (χ2n) is 6.27. The fourth-order valence-electron chi connectivity index (χ4n) is 2.68. The Bertz CT molecular complexity index is 1010. The second-order valence-corrected chi connectivity index (χ2v) is 7.56. The summed E-state index contributed by atoms with van der Waals surface area (Å²) in [6.45, 7) is 2.42. The maximum absolute atomic E-state index is 12.4. The largest absolute Gasteiger partial charge is 0.497 e. The fourth-order valence-corrected chi connectivity index (χ4v) is 3.39. The number of nitrogens with one attached hydrogen (secondary N) is 1. The van der Waals surface area contributed by atoms with Gasteiger partial charge in [0.2, 0.25) is 18.6 Å². The van der Waals surface area contributed by atoms with Crippen molar-refractivity contribution in [1.29, 1.82) is 0 Å². The standard InChI is InChI=1S/C20H19N3O5S/c1-12(18(24)21-10-13-3-6-15(25-2)7-4-13)29-20-23-22-19(28-20)14-5-8-16-17(9-14)27-11-26-16/h3-9,12H,10-11H2,1-2H3,(H,21,24)/t12-/m1/s1. The van der Waals surface area contributed by atoms with Crippen LogP contribution in [0, 0.1) is 0 Å². The van der Waals surface area contributed by atoms with Crippen LogP contribution in [0.25, 0.3) is 11.5 Å². The van der Waals surface area contributed by atoms with Crippen molar-refractivity contribution in [2.75, 3.05) is 13.9 Å². The molecule has 0 fully saturated rings. The summed E-state index contributed by atoms with van der Waals surface area (Å²) in [5.74, 6) is 2.34. The van der Waals surface area contributed by atoms with Crippen LogP contribution >= 0.6 is 11.8 Å². The smallest absolute Gasteiger partial charge is 0.277 e. The third-order valence-corrected chi connectivity index (χ3v) is 5.23. The van der Waals surface area contributed by atoms with Crippen molar-refractivity contribution in [2.24, 2.45) is 0 Å². The number of nitrogens with zero attached hydrogens (tertiary/aromatic N) is 2. The highest BCUT2D eigenvalue weighted by Crippen LogP contribution is 2.36. The summed E-state index contributed by atoms with van der Waals surface area (Å²) in [6.07, 6.45) is 0. The van der Waals surface area contributed by atoms with Gasteiger partial charge in [-0.25, -0.2) is 0 Å². The van der Waals surface area contributed by atoms with Crippen LogP contribution in [0.15, 0.2) is 52.1 Å². The molecule has 1 amide bonds. The lowest BCUT2D eigenvalue weighted by Crippen LogP contribution is -2.30. The van der Waals surface area contributed by atoms with E-state index in [1.54, 1.807) is 26.2 Å². The van der Waals surface area contributed by atoms with E-state index in [1.165, 1.54) is 11.8 Å². The molecule has 0 aliphatic carbocycles. The number of amides is 1. The SMILES string of the molecule is COc1ccc(CNC(=O)[C@@H](C)Sc2nnc(-c3ccc4c(c3)OCO4)o2)cc1. The summed E-state index contributed by atoms with van der Waals surface area (Å²) in [4.78, 5) is 12.4. The van der Waals surface area contributed by atoms with Crippen LogP contribution in [0.5, 0.6) is 17.2 Å². The van der Waals surface area contributed by atoms with E-state index < -0.39 is 5.25 Å². The molecular weight excluding hydrogens is 394 g/mol.